The van der Waals surface area contributed by atoms with Crippen LogP contribution in [0.3, 0.4) is 0 Å². The van der Waals surface area contributed by atoms with E-state index in [-0.39, 0.29) is 5.91 Å². The fourth-order valence-electron chi connectivity index (χ4n) is 3.45. The third kappa shape index (κ3) is 4.31. The minimum Gasteiger partial charge on any atom is -0.355 e. The fraction of sp³-hybridized carbons (Fsp3) is 0.304. The number of aromatic nitrogens is 1. The second-order valence-corrected chi connectivity index (χ2v) is 7.50. The number of hydrogen-bond donors (Lipinski definition) is 2. The number of carbonyl (C=O) groups excluding carboxylic acids is 1. The number of para-hydroxylation sites is 1. The van der Waals surface area contributed by atoms with E-state index in [1.54, 1.807) is 0 Å². The SMILES string of the molecule is Cc1cc(Nc2cccc(C(=O)NCCN(C)C3CC3)c2)c2ccccc2n1. The highest BCUT2D eigenvalue weighted by Crippen LogP contribution is 2.27. The van der Waals surface area contributed by atoms with Gasteiger partial charge in [0.15, 0.2) is 0 Å². The van der Waals surface area contributed by atoms with E-state index in [9.17, 15) is 4.79 Å². The van der Waals surface area contributed by atoms with Gasteiger partial charge < -0.3 is 15.5 Å². The van der Waals surface area contributed by atoms with Crippen molar-refractivity contribution in [2.24, 2.45) is 0 Å². The molecule has 0 bridgehead atoms. The molecule has 2 N–H and O–H groups in total. The number of amides is 1. The highest BCUT2D eigenvalue weighted by atomic mass is 16.1. The standard InChI is InChI=1S/C23H26N4O/c1-16-14-22(20-8-3-4-9-21(20)25-16)26-18-7-5-6-17(15-18)23(28)24-12-13-27(2)19-10-11-19/h3-9,14-15,19H,10-13H2,1-2H3,(H,24,28)(H,25,26). The predicted octanol–water partition coefficient (Wildman–Crippen LogP) is 4.11. The number of nitrogens with zero attached hydrogens (tertiary/aromatic N) is 2. The van der Waals surface area contributed by atoms with Crippen molar-refractivity contribution < 1.29 is 4.79 Å². The number of fused-ring (bicyclic) bond motifs is 1. The molecule has 1 aliphatic rings. The van der Waals surface area contributed by atoms with Gasteiger partial charge in [0.1, 0.15) is 0 Å². The second-order valence-electron chi connectivity index (χ2n) is 7.50. The first kappa shape index (κ1) is 18.4. The molecule has 0 aliphatic heterocycles. The number of pyridine rings is 1. The van der Waals surface area contributed by atoms with Crippen molar-refractivity contribution in [3.8, 4) is 0 Å². The number of nitrogens with one attached hydrogen (secondary N) is 2. The number of aryl methyl sites for hydroxylation is 1. The summed E-state index contributed by atoms with van der Waals surface area (Å²) in [6, 6.07) is 18.4. The van der Waals surface area contributed by atoms with Crippen LogP contribution in [0.2, 0.25) is 0 Å². The van der Waals surface area contributed by atoms with E-state index >= 15 is 0 Å². The molecule has 1 aromatic heterocycles. The minimum absolute atomic E-state index is 0.0383. The van der Waals surface area contributed by atoms with E-state index < -0.39 is 0 Å². The highest BCUT2D eigenvalue weighted by Gasteiger charge is 2.25. The zero-order valence-electron chi connectivity index (χ0n) is 16.4. The Morgan fingerprint density at radius 2 is 1.96 bits per heavy atom. The lowest BCUT2D eigenvalue weighted by Crippen LogP contribution is -2.33. The molecule has 0 saturated heterocycles. The number of anilines is 2. The van der Waals surface area contributed by atoms with Crippen LogP contribution in [0.15, 0.2) is 54.6 Å². The molecule has 3 aromatic rings. The Bertz CT molecular complexity index is 997. The van der Waals surface area contributed by atoms with Gasteiger partial charge in [-0.15, -0.1) is 0 Å². The summed E-state index contributed by atoms with van der Waals surface area (Å²) in [5.74, 6) is -0.0383. The van der Waals surface area contributed by atoms with E-state index in [1.165, 1.54) is 12.8 Å². The third-order valence-corrected chi connectivity index (χ3v) is 5.17. The largest absolute Gasteiger partial charge is 0.355 e. The summed E-state index contributed by atoms with van der Waals surface area (Å²) >= 11 is 0. The molecule has 1 saturated carbocycles. The van der Waals surface area contributed by atoms with E-state index in [0.29, 0.717) is 18.2 Å². The summed E-state index contributed by atoms with van der Waals surface area (Å²) in [6.07, 6.45) is 2.56. The molecule has 1 aliphatic carbocycles. The average molecular weight is 374 g/mol. The molecule has 4 rings (SSSR count). The van der Waals surface area contributed by atoms with E-state index in [4.69, 9.17) is 0 Å². The fourth-order valence-corrected chi connectivity index (χ4v) is 3.45. The number of rotatable bonds is 7. The van der Waals surface area contributed by atoms with Crippen molar-refractivity contribution >= 4 is 28.2 Å². The van der Waals surface area contributed by atoms with Crippen molar-refractivity contribution in [1.82, 2.24) is 15.2 Å². The first-order valence-corrected chi connectivity index (χ1v) is 9.82. The summed E-state index contributed by atoms with van der Waals surface area (Å²) < 4.78 is 0. The van der Waals surface area contributed by atoms with E-state index in [2.05, 4.69) is 33.6 Å². The van der Waals surface area contributed by atoms with Crippen molar-refractivity contribution in [2.45, 2.75) is 25.8 Å². The van der Waals surface area contributed by atoms with E-state index in [0.717, 1.165) is 34.5 Å². The molecule has 5 heteroatoms. The minimum atomic E-state index is -0.0383. The Labute approximate surface area is 165 Å². The molecular formula is C23H26N4O. The van der Waals surface area contributed by atoms with Crippen molar-refractivity contribution in [2.75, 3.05) is 25.5 Å². The molecule has 0 atom stereocenters. The lowest BCUT2D eigenvalue weighted by Gasteiger charge is -2.16. The van der Waals surface area contributed by atoms with Gasteiger partial charge in [-0.3, -0.25) is 9.78 Å². The van der Waals surface area contributed by atoms with Crippen LogP contribution in [-0.4, -0.2) is 42.0 Å². The van der Waals surface area contributed by atoms with Gasteiger partial charge >= 0.3 is 0 Å². The molecule has 1 amide bonds. The molecular weight excluding hydrogens is 348 g/mol. The first-order valence-electron chi connectivity index (χ1n) is 9.82. The van der Waals surface area contributed by atoms with Gasteiger partial charge in [-0.2, -0.15) is 0 Å². The molecule has 2 aromatic carbocycles. The molecule has 1 heterocycles. The maximum absolute atomic E-state index is 12.5. The van der Waals surface area contributed by atoms with Gasteiger partial charge in [-0.05, 0) is 57.1 Å². The maximum Gasteiger partial charge on any atom is 0.251 e. The first-order chi connectivity index (χ1) is 13.6. The van der Waals surface area contributed by atoms with Gasteiger partial charge in [0, 0.05) is 47.1 Å². The van der Waals surface area contributed by atoms with Crippen molar-refractivity contribution in [3.05, 3.63) is 65.9 Å². The summed E-state index contributed by atoms with van der Waals surface area (Å²) in [5, 5.41) is 7.54. The summed E-state index contributed by atoms with van der Waals surface area (Å²) in [6.45, 7) is 3.54. The quantitative estimate of drug-likeness (QED) is 0.653. The van der Waals surface area contributed by atoms with E-state index in [1.807, 2.05) is 55.5 Å². The predicted molar refractivity (Wildman–Crippen MR) is 114 cm³/mol. The topological polar surface area (TPSA) is 57.3 Å². The molecule has 5 nitrogen and oxygen atoms in total. The monoisotopic (exact) mass is 374 g/mol. The van der Waals surface area contributed by atoms with Gasteiger partial charge in [0.05, 0.1) is 5.52 Å². The van der Waals surface area contributed by atoms with Gasteiger partial charge in [0.2, 0.25) is 0 Å². The smallest absolute Gasteiger partial charge is 0.251 e. The summed E-state index contributed by atoms with van der Waals surface area (Å²) in [4.78, 5) is 19.4. The summed E-state index contributed by atoms with van der Waals surface area (Å²) in [7, 11) is 2.12. The van der Waals surface area contributed by atoms with Crippen molar-refractivity contribution in [3.63, 3.8) is 0 Å². The molecule has 1 fully saturated rings. The molecule has 0 radical (unpaired) electrons. The molecule has 144 valence electrons. The number of likely N-dealkylation sites (N-methyl/N-ethyl adjacent to an activating group) is 1. The third-order valence-electron chi connectivity index (χ3n) is 5.17. The number of hydrogen-bond acceptors (Lipinski definition) is 4. The van der Waals surface area contributed by atoms with Crippen LogP contribution in [-0.2, 0) is 0 Å². The van der Waals surface area contributed by atoms with Crippen LogP contribution in [0.5, 0.6) is 0 Å². The maximum atomic E-state index is 12.5. The van der Waals surface area contributed by atoms with Crippen LogP contribution in [0.1, 0.15) is 28.9 Å². The number of benzene rings is 2. The van der Waals surface area contributed by atoms with Gasteiger partial charge in [0.25, 0.3) is 5.91 Å². The Morgan fingerprint density at radius 3 is 2.79 bits per heavy atom. The Kier molecular flexibility index (Phi) is 5.26. The zero-order valence-corrected chi connectivity index (χ0v) is 16.4. The molecule has 28 heavy (non-hydrogen) atoms. The van der Waals surface area contributed by atoms with Crippen molar-refractivity contribution in [1.29, 1.82) is 0 Å². The lowest BCUT2D eigenvalue weighted by molar-refractivity contribution is 0.0949. The van der Waals surface area contributed by atoms with Crippen LogP contribution in [0.25, 0.3) is 10.9 Å². The summed E-state index contributed by atoms with van der Waals surface area (Å²) in [5.41, 5.74) is 4.45. The van der Waals surface area contributed by atoms with Crippen LogP contribution >= 0.6 is 0 Å². The average Bonchev–Trinajstić information content (AvgIpc) is 3.53. The zero-order chi connectivity index (χ0) is 19.5. The Morgan fingerprint density at radius 1 is 1.14 bits per heavy atom. The normalized spacial score (nSPS) is 13.7. The Balaban J connectivity index is 1.46. The Hall–Kier alpha value is -2.92. The molecule has 0 unspecified atom stereocenters. The second kappa shape index (κ2) is 7.98. The molecule has 0 spiro atoms. The van der Waals surface area contributed by atoms with Crippen LogP contribution in [0.4, 0.5) is 11.4 Å². The van der Waals surface area contributed by atoms with Crippen LogP contribution < -0.4 is 10.6 Å². The number of carbonyl (C=O) groups is 1. The lowest BCUT2D eigenvalue weighted by atomic mass is 10.1. The highest BCUT2D eigenvalue weighted by molar-refractivity contribution is 5.96. The van der Waals surface area contributed by atoms with Gasteiger partial charge in [-0.25, -0.2) is 0 Å². The van der Waals surface area contributed by atoms with Gasteiger partial charge in [-0.1, -0.05) is 24.3 Å². The van der Waals surface area contributed by atoms with Crippen LogP contribution in [0, 0.1) is 6.92 Å².